The Kier molecular flexibility index (Phi) is 4.30. The second-order valence-corrected chi connectivity index (χ2v) is 4.25. The molecule has 0 amide bonds. The molecule has 2 N–H and O–H groups in total. The number of hydrogen-bond acceptors (Lipinski definition) is 4. The predicted molar refractivity (Wildman–Crippen MR) is 80.1 cm³/mol. The normalized spacial score (nSPS) is 10.1. The number of nitrogens with zero attached hydrogens (tertiary/aromatic N) is 3. The number of aromatic nitrogens is 4. The van der Waals surface area contributed by atoms with Gasteiger partial charge in [-0.15, -0.1) is 0 Å². The average molecular weight is 284 g/mol. The Morgan fingerprint density at radius 3 is 2.86 bits per heavy atom. The molecule has 0 spiro atoms. The summed E-state index contributed by atoms with van der Waals surface area (Å²) in [5.74, 6) is 0.441. The van der Waals surface area contributed by atoms with Gasteiger partial charge in [0.1, 0.15) is 0 Å². The highest BCUT2D eigenvalue weighted by atomic mass is 16.3. The van der Waals surface area contributed by atoms with Crippen LogP contribution in [-0.4, -0.2) is 24.9 Å². The molecule has 0 saturated carbocycles. The van der Waals surface area contributed by atoms with Crippen molar-refractivity contribution in [1.29, 1.82) is 0 Å². The van der Waals surface area contributed by atoms with Gasteiger partial charge in [0.15, 0.2) is 5.82 Å². The molecule has 108 valence electrons. The van der Waals surface area contributed by atoms with Gasteiger partial charge >= 0.3 is 0 Å². The number of nitrogens with one attached hydrogen (secondary N) is 1. The van der Waals surface area contributed by atoms with Crippen LogP contribution in [0, 0.1) is 0 Å². The van der Waals surface area contributed by atoms with Crippen molar-refractivity contribution in [1.82, 2.24) is 19.7 Å². The van der Waals surface area contributed by atoms with Crippen LogP contribution in [-0.2, 0) is 6.61 Å². The van der Waals surface area contributed by atoms with E-state index in [0.29, 0.717) is 16.9 Å². The van der Waals surface area contributed by atoms with E-state index in [1.165, 1.54) is 4.68 Å². The van der Waals surface area contributed by atoms with Crippen LogP contribution in [0.1, 0.15) is 13.0 Å². The van der Waals surface area contributed by atoms with Crippen molar-refractivity contribution in [3.63, 3.8) is 0 Å². The summed E-state index contributed by atoms with van der Waals surface area (Å²) >= 11 is 0. The van der Waals surface area contributed by atoms with Crippen LogP contribution < -0.4 is 5.56 Å². The smallest absolute Gasteiger partial charge is 0.280 e. The minimum absolute atomic E-state index is 0. The molecule has 0 saturated heterocycles. The zero-order valence-corrected chi connectivity index (χ0v) is 10.5. The molecule has 3 aromatic rings. The van der Waals surface area contributed by atoms with E-state index in [-0.39, 0.29) is 19.6 Å². The Balaban J connectivity index is 0.00000161. The molecule has 0 bridgehead atoms. The molecule has 6 nitrogen and oxygen atoms in total. The lowest BCUT2D eigenvalue weighted by atomic mass is 10.2. The van der Waals surface area contributed by atoms with Crippen LogP contribution in [0.4, 0.5) is 0 Å². The lowest BCUT2D eigenvalue weighted by Gasteiger charge is -2.02. The zero-order chi connectivity index (χ0) is 13.9. The first kappa shape index (κ1) is 14.7. The fraction of sp³-hybridized carbons (Fsp3) is 0.133. The van der Waals surface area contributed by atoms with E-state index >= 15 is 0 Å². The standard InChI is InChI=1S/C14H12N4O2.CH4/c19-9-10-3-5-16-13(6-10)18-14(20)12(8-17-18)11-2-1-4-15-7-11;/h1-8,17,19H,9H2;1H4. The van der Waals surface area contributed by atoms with Gasteiger partial charge in [0.2, 0.25) is 0 Å². The number of aromatic amines is 1. The van der Waals surface area contributed by atoms with Crippen molar-refractivity contribution < 1.29 is 5.11 Å². The molecule has 3 heterocycles. The number of aliphatic hydroxyl groups excluding tert-OH is 1. The summed E-state index contributed by atoms with van der Waals surface area (Å²) in [6, 6.07) is 6.95. The van der Waals surface area contributed by atoms with Crippen LogP contribution in [0.25, 0.3) is 16.9 Å². The summed E-state index contributed by atoms with van der Waals surface area (Å²) in [6.07, 6.45) is 6.46. The maximum Gasteiger partial charge on any atom is 0.280 e. The maximum absolute atomic E-state index is 12.4. The minimum atomic E-state index is -0.208. The molecular formula is C15H16N4O2. The molecule has 0 fully saturated rings. The molecule has 6 heteroatoms. The molecule has 0 unspecified atom stereocenters. The number of pyridine rings is 2. The monoisotopic (exact) mass is 284 g/mol. The Hall–Kier alpha value is -2.73. The minimum Gasteiger partial charge on any atom is -0.392 e. The van der Waals surface area contributed by atoms with Gasteiger partial charge in [0.05, 0.1) is 12.2 Å². The Labute approximate surface area is 121 Å². The second-order valence-electron chi connectivity index (χ2n) is 4.25. The Morgan fingerprint density at radius 2 is 2.14 bits per heavy atom. The van der Waals surface area contributed by atoms with Crippen molar-refractivity contribution in [2.75, 3.05) is 0 Å². The average Bonchev–Trinajstić information content (AvgIpc) is 2.90. The van der Waals surface area contributed by atoms with E-state index in [0.717, 1.165) is 5.56 Å². The van der Waals surface area contributed by atoms with Gasteiger partial charge in [-0.3, -0.25) is 14.9 Å². The molecule has 21 heavy (non-hydrogen) atoms. The first-order valence-corrected chi connectivity index (χ1v) is 6.06. The quantitative estimate of drug-likeness (QED) is 0.767. The van der Waals surface area contributed by atoms with Gasteiger partial charge in [-0.05, 0) is 23.8 Å². The van der Waals surface area contributed by atoms with Gasteiger partial charge in [-0.2, -0.15) is 0 Å². The third kappa shape index (κ3) is 2.75. The molecule has 0 aromatic carbocycles. The van der Waals surface area contributed by atoms with Crippen LogP contribution in [0.2, 0.25) is 0 Å². The van der Waals surface area contributed by atoms with Gasteiger partial charge in [0, 0.05) is 30.4 Å². The highest BCUT2D eigenvalue weighted by Gasteiger charge is 2.10. The molecule has 0 atom stereocenters. The SMILES string of the molecule is C.O=c1c(-c2cccnc2)c[nH]n1-c1cc(CO)ccn1. The van der Waals surface area contributed by atoms with Crippen molar-refractivity contribution in [2.45, 2.75) is 14.0 Å². The van der Waals surface area contributed by atoms with E-state index in [1.807, 2.05) is 6.07 Å². The molecule has 0 aliphatic rings. The number of H-pyrrole nitrogens is 1. The van der Waals surface area contributed by atoms with E-state index in [2.05, 4.69) is 15.1 Å². The third-order valence-corrected chi connectivity index (χ3v) is 2.97. The molecule has 3 aromatic heterocycles. The van der Waals surface area contributed by atoms with Crippen LogP contribution in [0.15, 0.2) is 53.8 Å². The molecule has 0 radical (unpaired) electrons. The number of aliphatic hydroxyl groups is 1. The molecule has 3 rings (SSSR count). The number of rotatable bonds is 3. The summed E-state index contributed by atoms with van der Waals surface area (Å²) < 4.78 is 1.33. The van der Waals surface area contributed by atoms with E-state index < -0.39 is 0 Å². The van der Waals surface area contributed by atoms with E-state index in [1.54, 1.807) is 43.0 Å². The van der Waals surface area contributed by atoms with Gasteiger partial charge in [-0.1, -0.05) is 13.5 Å². The van der Waals surface area contributed by atoms with Crippen LogP contribution >= 0.6 is 0 Å². The van der Waals surface area contributed by atoms with Crippen LogP contribution in [0.5, 0.6) is 0 Å². The van der Waals surface area contributed by atoms with E-state index in [9.17, 15) is 4.79 Å². The first-order valence-electron chi connectivity index (χ1n) is 6.06. The summed E-state index contributed by atoms with van der Waals surface area (Å²) in [5, 5.41) is 12.0. The van der Waals surface area contributed by atoms with Crippen molar-refractivity contribution in [2.24, 2.45) is 0 Å². The topological polar surface area (TPSA) is 83.8 Å². The summed E-state index contributed by atoms with van der Waals surface area (Å²) in [4.78, 5) is 20.5. The third-order valence-electron chi connectivity index (χ3n) is 2.97. The largest absolute Gasteiger partial charge is 0.392 e. The summed E-state index contributed by atoms with van der Waals surface area (Å²) in [6.45, 7) is -0.0968. The highest BCUT2D eigenvalue weighted by Crippen LogP contribution is 2.13. The molecular weight excluding hydrogens is 268 g/mol. The van der Waals surface area contributed by atoms with Crippen molar-refractivity contribution in [3.8, 4) is 16.9 Å². The zero-order valence-electron chi connectivity index (χ0n) is 10.5. The van der Waals surface area contributed by atoms with Crippen molar-refractivity contribution >= 4 is 0 Å². The Bertz CT molecular complexity index is 778. The fourth-order valence-corrected chi connectivity index (χ4v) is 1.95. The van der Waals surface area contributed by atoms with Crippen LogP contribution in [0.3, 0.4) is 0 Å². The maximum atomic E-state index is 12.4. The summed E-state index contributed by atoms with van der Waals surface area (Å²) in [7, 11) is 0. The second kappa shape index (κ2) is 6.15. The molecule has 0 aliphatic heterocycles. The summed E-state index contributed by atoms with van der Waals surface area (Å²) in [5.41, 5.74) is 1.75. The van der Waals surface area contributed by atoms with Crippen molar-refractivity contribution in [3.05, 3.63) is 65.0 Å². The van der Waals surface area contributed by atoms with E-state index in [4.69, 9.17) is 5.11 Å². The Morgan fingerprint density at radius 1 is 1.29 bits per heavy atom. The predicted octanol–water partition coefficient (Wildman–Crippen LogP) is 1.75. The van der Waals surface area contributed by atoms with Gasteiger partial charge < -0.3 is 5.11 Å². The first-order chi connectivity index (χ1) is 9.79. The highest BCUT2D eigenvalue weighted by molar-refractivity contribution is 5.60. The lowest BCUT2D eigenvalue weighted by molar-refractivity contribution is 0.281. The molecule has 0 aliphatic carbocycles. The fourth-order valence-electron chi connectivity index (χ4n) is 1.95. The number of hydrogen-bond donors (Lipinski definition) is 2. The lowest BCUT2D eigenvalue weighted by Crippen LogP contribution is -2.17. The van der Waals surface area contributed by atoms with Gasteiger partial charge in [0.25, 0.3) is 5.56 Å². The van der Waals surface area contributed by atoms with Gasteiger partial charge in [-0.25, -0.2) is 9.67 Å².